The van der Waals surface area contributed by atoms with Gasteiger partial charge in [-0.3, -0.25) is 4.68 Å². The molecule has 0 aromatic carbocycles. The normalized spacial score (nSPS) is 26.9. The number of sulfone groups is 1. The Balaban J connectivity index is 2.49. The van der Waals surface area contributed by atoms with Crippen molar-refractivity contribution in [2.45, 2.75) is 45.2 Å². The van der Waals surface area contributed by atoms with Crippen LogP contribution in [0, 0.1) is 0 Å². The van der Waals surface area contributed by atoms with E-state index < -0.39 is 15.4 Å². The predicted octanol–water partition coefficient (Wildman–Crippen LogP) is 0.999. The smallest absolute Gasteiger partial charge is 0.152 e. The second-order valence-electron chi connectivity index (χ2n) is 5.66. The topological polar surface area (TPSA) is 78.0 Å². The van der Waals surface area contributed by atoms with Crippen molar-refractivity contribution in [2.75, 3.05) is 11.5 Å². The molecule has 2 rings (SSSR count). The lowest BCUT2D eigenvalue weighted by Crippen LogP contribution is -2.34. The summed E-state index contributed by atoms with van der Waals surface area (Å²) in [5, 5.41) is 4.40. The zero-order valence-electron chi connectivity index (χ0n) is 11.2. The van der Waals surface area contributed by atoms with E-state index in [2.05, 4.69) is 18.9 Å². The summed E-state index contributed by atoms with van der Waals surface area (Å²) >= 11 is 0. The molecule has 0 saturated carbocycles. The maximum absolute atomic E-state index is 11.7. The zero-order valence-corrected chi connectivity index (χ0v) is 12.0. The Morgan fingerprint density at radius 1 is 1.56 bits per heavy atom. The molecule has 0 aliphatic carbocycles. The molecular weight excluding hydrogens is 250 g/mol. The van der Waals surface area contributed by atoms with Crippen LogP contribution in [0.1, 0.15) is 44.4 Å². The molecule has 102 valence electrons. The summed E-state index contributed by atoms with van der Waals surface area (Å²) in [6.45, 7) is 6.58. The van der Waals surface area contributed by atoms with E-state index >= 15 is 0 Å². The van der Waals surface area contributed by atoms with Gasteiger partial charge in [0.25, 0.3) is 0 Å². The summed E-state index contributed by atoms with van der Waals surface area (Å²) in [5.74, 6) is 0.704. The second kappa shape index (κ2) is 4.35. The van der Waals surface area contributed by atoms with Gasteiger partial charge in [-0.2, -0.15) is 5.10 Å². The van der Waals surface area contributed by atoms with Gasteiger partial charge in [0, 0.05) is 17.8 Å². The molecule has 1 unspecified atom stereocenters. The lowest BCUT2D eigenvalue weighted by Gasteiger charge is -2.27. The molecule has 1 aliphatic heterocycles. The minimum atomic E-state index is -2.93. The minimum absolute atomic E-state index is 0.172. The predicted molar refractivity (Wildman–Crippen MR) is 71.1 cm³/mol. The average molecular weight is 271 g/mol. The first-order chi connectivity index (χ1) is 8.29. The van der Waals surface area contributed by atoms with Crippen LogP contribution in [0.2, 0.25) is 0 Å². The van der Waals surface area contributed by atoms with Crippen molar-refractivity contribution in [1.29, 1.82) is 0 Å². The number of aromatic nitrogens is 2. The Kier molecular flexibility index (Phi) is 3.27. The number of nitrogens with zero attached hydrogens (tertiary/aromatic N) is 2. The van der Waals surface area contributed by atoms with Crippen molar-refractivity contribution in [3.8, 4) is 0 Å². The maximum atomic E-state index is 11.7. The van der Waals surface area contributed by atoms with Gasteiger partial charge >= 0.3 is 0 Å². The summed E-state index contributed by atoms with van der Waals surface area (Å²) in [4.78, 5) is 0. The molecule has 2 heterocycles. The van der Waals surface area contributed by atoms with Crippen molar-refractivity contribution in [3.05, 3.63) is 17.5 Å². The largest absolute Gasteiger partial charge is 0.326 e. The van der Waals surface area contributed by atoms with Crippen molar-refractivity contribution in [3.63, 3.8) is 0 Å². The molecule has 2 N–H and O–H groups in total. The molecule has 1 aliphatic rings. The first-order valence-corrected chi connectivity index (χ1v) is 8.09. The molecule has 1 aromatic rings. The van der Waals surface area contributed by atoms with Crippen molar-refractivity contribution in [2.24, 2.45) is 5.73 Å². The van der Waals surface area contributed by atoms with Crippen molar-refractivity contribution >= 4 is 9.84 Å². The SMILES string of the molecule is CC(C)c1c(CN)cnn1C1(C)CCS(=O)(=O)C1. The second-order valence-corrected chi connectivity index (χ2v) is 7.85. The van der Waals surface area contributed by atoms with E-state index in [9.17, 15) is 8.42 Å². The van der Waals surface area contributed by atoms with Crippen LogP contribution in [-0.2, 0) is 21.9 Å². The van der Waals surface area contributed by atoms with Crippen molar-refractivity contribution < 1.29 is 8.42 Å². The molecule has 1 aromatic heterocycles. The van der Waals surface area contributed by atoms with Crippen LogP contribution in [0.5, 0.6) is 0 Å². The molecule has 0 bridgehead atoms. The molecule has 5 nitrogen and oxygen atoms in total. The molecule has 0 radical (unpaired) electrons. The fourth-order valence-corrected chi connectivity index (χ4v) is 4.86. The van der Waals surface area contributed by atoms with Gasteiger partial charge in [-0.15, -0.1) is 0 Å². The van der Waals surface area contributed by atoms with Crippen LogP contribution >= 0.6 is 0 Å². The average Bonchev–Trinajstić information content (AvgIpc) is 2.80. The third-order valence-electron chi connectivity index (χ3n) is 3.65. The highest BCUT2D eigenvalue weighted by molar-refractivity contribution is 7.91. The van der Waals surface area contributed by atoms with Gasteiger partial charge in [0.05, 0.1) is 23.2 Å². The highest BCUT2D eigenvalue weighted by atomic mass is 32.2. The van der Waals surface area contributed by atoms with Crippen LogP contribution in [0.4, 0.5) is 0 Å². The quantitative estimate of drug-likeness (QED) is 0.889. The van der Waals surface area contributed by atoms with Crippen LogP contribution < -0.4 is 5.73 Å². The molecule has 1 fully saturated rings. The van der Waals surface area contributed by atoms with Gasteiger partial charge in [-0.25, -0.2) is 8.42 Å². The molecule has 6 heteroatoms. The molecule has 18 heavy (non-hydrogen) atoms. The van der Waals surface area contributed by atoms with Gasteiger partial charge in [0.2, 0.25) is 0 Å². The maximum Gasteiger partial charge on any atom is 0.152 e. The first-order valence-electron chi connectivity index (χ1n) is 6.27. The molecule has 0 spiro atoms. The Morgan fingerprint density at radius 3 is 2.67 bits per heavy atom. The van der Waals surface area contributed by atoms with Crippen LogP contribution in [-0.4, -0.2) is 29.7 Å². The molecule has 0 amide bonds. The lowest BCUT2D eigenvalue weighted by molar-refractivity contribution is 0.313. The Morgan fingerprint density at radius 2 is 2.22 bits per heavy atom. The van der Waals surface area contributed by atoms with Gasteiger partial charge in [-0.05, 0) is 19.3 Å². The molecule has 1 atom stereocenters. The highest BCUT2D eigenvalue weighted by Gasteiger charge is 2.42. The van der Waals surface area contributed by atoms with E-state index in [-0.39, 0.29) is 17.4 Å². The summed E-state index contributed by atoms with van der Waals surface area (Å²) in [6, 6.07) is 0. The number of hydrogen-bond acceptors (Lipinski definition) is 4. The highest BCUT2D eigenvalue weighted by Crippen LogP contribution is 2.34. The Hall–Kier alpha value is -0.880. The minimum Gasteiger partial charge on any atom is -0.326 e. The molecular formula is C12H21N3O2S. The fourth-order valence-electron chi connectivity index (χ4n) is 2.76. The zero-order chi connectivity index (χ0) is 13.6. The van der Waals surface area contributed by atoms with Crippen molar-refractivity contribution in [1.82, 2.24) is 9.78 Å². The van der Waals surface area contributed by atoms with E-state index in [0.29, 0.717) is 13.0 Å². The fraction of sp³-hybridized carbons (Fsp3) is 0.750. The van der Waals surface area contributed by atoms with E-state index in [0.717, 1.165) is 11.3 Å². The van der Waals surface area contributed by atoms with Crippen LogP contribution in [0.15, 0.2) is 6.20 Å². The number of rotatable bonds is 3. The first kappa shape index (κ1) is 13.5. The lowest BCUT2D eigenvalue weighted by atomic mass is 9.99. The van der Waals surface area contributed by atoms with Crippen LogP contribution in [0.3, 0.4) is 0 Å². The van der Waals surface area contributed by atoms with E-state index in [1.807, 2.05) is 11.6 Å². The van der Waals surface area contributed by atoms with E-state index in [4.69, 9.17) is 5.73 Å². The summed E-state index contributed by atoms with van der Waals surface area (Å²) in [5.41, 5.74) is 7.38. The standard InChI is InChI=1S/C12H21N3O2S/c1-9(2)11-10(6-13)7-14-15(11)12(3)4-5-18(16,17)8-12/h7,9H,4-6,8,13H2,1-3H3. The van der Waals surface area contributed by atoms with E-state index in [1.165, 1.54) is 0 Å². The monoisotopic (exact) mass is 271 g/mol. The third-order valence-corrected chi connectivity index (χ3v) is 5.53. The van der Waals surface area contributed by atoms with Gasteiger partial charge < -0.3 is 5.73 Å². The summed E-state index contributed by atoms with van der Waals surface area (Å²) in [7, 11) is -2.93. The van der Waals surface area contributed by atoms with Gasteiger partial charge in [0.15, 0.2) is 9.84 Å². The van der Waals surface area contributed by atoms with Gasteiger partial charge in [-0.1, -0.05) is 13.8 Å². The summed E-state index contributed by atoms with van der Waals surface area (Å²) in [6.07, 6.45) is 2.40. The molecule has 1 saturated heterocycles. The van der Waals surface area contributed by atoms with Crippen LogP contribution in [0.25, 0.3) is 0 Å². The van der Waals surface area contributed by atoms with E-state index in [1.54, 1.807) is 6.20 Å². The number of nitrogens with two attached hydrogens (primary N) is 1. The Bertz CT molecular complexity index is 548. The third kappa shape index (κ3) is 2.19. The summed E-state index contributed by atoms with van der Waals surface area (Å²) < 4.78 is 25.3. The number of hydrogen-bond donors (Lipinski definition) is 1. The van der Waals surface area contributed by atoms with Gasteiger partial charge in [0.1, 0.15) is 0 Å². The Labute approximate surface area is 108 Å².